The van der Waals surface area contributed by atoms with Crippen LogP contribution >= 0.6 is 0 Å². The molecule has 2 atom stereocenters. The Bertz CT molecular complexity index is 459. The van der Waals surface area contributed by atoms with Gasteiger partial charge in [0.2, 0.25) is 0 Å². The van der Waals surface area contributed by atoms with E-state index >= 15 is 0 Å². The molecule has 1 fully saturated rings. The number of carbonyl (C=O) groups is 1. The molecule has 0 radical (unpaired) electrons. The van der Waals surface area contributed by atoms with Crippen LogP contribution in [0.3, 0.4) is 0 Å². The Kier molecular flexibility index (Phi) is 4.43. The van der Waals surface area contributed by atoms with Crippen molar-refractivity contribution in [2.75, 3.05) is 18.5 Å². The van der Waals surface area contributed by atoms with Crippen LogP contribution in [0.25, 0.3) is 0 Å². The molecule has 1 heterocycles. The highest BCUT2D eigenvalue weighted by Gasteiger charge is 2.26. The molecule has 1 aromatic carbocycles. The van der Waals surface area contributed by atoms with Crippen molar-refractivity contribution in [1.29, 1.82) is 0 Å². The number of hydrogen-bond acceptors (Lipinski definition) is 3. The van der Waals surface area contributed by atoms with Crippen LogP contribution < -0.4 is 5.32 Å². The van der Waals surface area contributed by atoms with E-state index in [0.29, 0.717) is 23.3 Å². The molecule has 0 bridgehead atoms. The smallest absolute Gasteiger partial charge is 0.337 e. The van der Waals surface area contributed by atoms with E-state index in [-0.39, 0.29) is 0 Å². The molecule has 0 aromatic heterocycles. The topological polar surface area (TPSA) is 58.6 Å². The fraction of sp³-hybridized carbons (Fsp3) is 0.533. The summed E-state index contributed by atoms with van der Waals surface area (Å²) in [7, 11) is 0. The molecule has 1 aliphatic heterocycles. The van der Waals surface area contributed by atoms with Gasteiger partial charge in [-0.1, -0.05) is 18.6 Å². The number of aryl methyl sites for hydroxylation is 1. The maximum atomic E-state index is 11.2. The van der Waals surface area contributed by atoms with E-state index in [1.807, 2.05) is 19.1 Å². The van der Waals surface area contributed by atoms with Crippen LogP contribution in [0.5, 0.6) is 0 Å². The number of carboxylic acid groups (broad SMARTS) is 1. The molecule has 2 N–H and O–H groups in total. The Morgan fingerprint density at radius 1 is 1.53 bits per heavy atom. The normalized spacial score (nSPS) is 22.4. The van der Waals surface area contributed by atoms with E-state index in [0.717, 1.165) is 31.6 Å². The van der Waals surface area contributed by atoms with Gasteiger partial charge in [-0.15, -0.1) is 0 Å². The van der Waals surface area contributed by atoms with Gasteiger partial charge in [-0.2, -0.15) is 0 Å². The summed E-state index contributed by atoms with van der Waals surface area (Å²) in [6.07, 6.45) is 2.34. The molecule has 0 amide bonds. The quantitative estimate of drug-likeness (QED) is 0.857. The van der Waals surface area contributed by atoms with Crippen LogP contribution in [0.4, 0.5) is 5.69 Å². The zero-order valence-corrected chi connectivity index (χ0v) is 11.5. The lowest BCUT2D eigenvalue weighted by Crippen LogP contribution is -2.23. The van der Waals surface area contributed by atoms with Crippen molar-refractivity contribution in [3.05, 3.63) is 29.3 Å². The number of rotatable bonds is 5. The van der Waals surface area contributed by atoms with Gasteiger partial charge in [0.05, 0.1) is 11.7 Å². The molecule has 0 aliphatic carbocycles. The molecule has 2 unspecified atom stereocenters. The Morgan fingerprint density at radius 3 is 3.00 bits per heavy atom. The molecule has 0 spiro atoms. The van der Waals surface area contributed by atoms with Gasteiger partial charge in [-0.25, -0.2) is 4.79 Å². The molecule has 1 aromatic rings. The predicted octanol–water partition coefficient (Wildman–Crippen LogP) is 2.92. The van der Waals surface area contributed by atoms with Crippen LogP contribution in [0.2, 0.25) is 0 Å². The predicted molar refractivity (Wildman–Crippen MR) is 74.8 cm³/mol. The highest BCUT2D eigenvalue weighted by atomic mass is 16.5. The zero-order chi connectivity index (χ0) is 13.8. The van der Waals surface area contributed by atoms with E-state index in [9.17, 15) is 9.90 Å². The first kappa shape index (κ1) is 13.9. The Hall–Kier alpha value is -1.55. The Morgan fingerprint density at radius 2 is 2.32 bits per heavy atom. The SMILES string of the molecule is CCC1OCCC1CNc1ccc(C)cc1C(=O)O. The van der Waals surface area contributed by atoms with Gasteiger partial charge in [0.25, 0.3) is 0 Å². The average Bonchev–Trinajstić information content (AvgIpc) is 2.84. The maximum Gasteiger partial charge on any atom is 0.337 e. The summed E-state index contributed by atoms with van der Waals surface area (Å²) in [6.45, 7) is 5.60. The lowest BCUT2D eigenvalue weighted by atomic mass is 9.99. The molecule has 4 heteroatoms. The standard InChI is InChI=1S/C15H21NO3/c1-3-14-11(6-7-19-14)9-16-13-5-4-10(2)8-12(13)15(17)18/h4-5,8,11,14,16H,3,6-7,9H2,1-2H3,(H,17,18). The third kappa shape index (κ3) is 3.26. The van der Waals surface area contributed by atoms with Gasteiger partial charge in [0.1, 0.15) is 0 Å². The first-order valence-electron chi connectivity index (χ1n) is 6.81. The molecule has 1 aliphatic rings. The number of anilines is 1. The highest BCUT2D eigenvalue weighted by molar-refractivity contribution is 5.94. The van der Waals surface area contributed by atoms with Crippen molar-refractivity contribution in [2.24, 2.45) is 5.92 Å². The number of ether oxygens (including phenoxy) is 1. The van der Waals surface area contributed by atoms with Crippen LogP contribution in [-0.4, -0.2) is 30.3 Å². The maximum absolute atomic E-state index is 11.2. The summed E-state index contributed by atoms with van der Waals surface area (Å²) in [5, 5.41) is 12.5. The molecule has 104 valence electrons. The van der Waals surface area contributed by atoms with Crippen molar-refractivity contribution in [2.45, 2.75) is 32.8 Å². The summed E-state index contributed by atoms with van der Waals surface area (Å²) in [4.78, 5) is 11.2. The van der Waals surface area contributed by atoms with Gasteiger partial charge in [-0.05, 0) is 31.9 Å². The number of nitrogens with one attached hydrogen (secondary N) is 1. The molecular formula is C15H21NO3. The van der Waals surface area contributed by atoms with Crippen molar-refractivity contribution >= 4 is 11.7 Å². The van der Waals surface area contributed by atoms with Gasteiger partial charge in [0, 0.05) is 24.8 Å². The minimum Gasteiger partial charge on any atom is -0.478 e. The largest absolute Gasteiger partial charge is 0.478 e. The monoisotopic (exact) mass is 263 g/mol. The van der Waals surface area contributed by atoms with E-state index in [1.165, 1.54) is 0 Å². The lowest BCUT2D eigenvalue weighted by molar-refractivity contribution is 0.0698. The first-order valence-corrected chi connectivity index (χ1v) is 6.81. The van der Waals surface area contributed by atoms with Crippen molar-refractivity contribution in [1.82, 2.24) is 0 Å². The summed E-state index contributed by atoms with van der Waals surface area (Å²) in [5.41, 5.74) is 1.99. The second-order valence-corrected chi connectivity index (χ2v) is 5.10. The lowest BCUT2D eigenvalue weighted by Gasteiger charge is -2.19. The van der Waals surface area contributed by atoms with E-state index in [4.69, 9.17) is 4.74 Å². The number of carboxylic acids is 1. The minimum atomic E-state index is -0.888. The van der Waals surface area contributed by atoms with Gasteiger partial charge < -0.3 is 15.2 Å². The fourth-order valence-electron chi connectivity index (χ4n) is 2.61. The molecule has 1 saturated heterocycles. The second-order valence-electron chi connectivity index (χ2n) is 5.10. The molecule has 0 saturated carbocycles. The number of aromatic carboxylic acids is 1. The fourth-order valence-corrected chi connectivity index (χ4v) is 2.61. The van der Waals surface area contributed by atoms with E-state index in [2.05, 4.69) is 12.2 Å². The third-order valence-corrected chi connectivity index (χ3v) is 3.71. The molecular weight excluding hydrogens is 242 g/mol. The van der Waals surface area contributed by atoms with Crippen molar-refractivity contribution in [3.63, 3.8) is 0 Å². The summed E-state index contributed by atoms with van der Waals surface area (Å²) in [6, 6.07) is 5.47. The average molecular weight is 263 g/mol. The molecule has 4 nitrogen and oxygen atoms in total. The van der Waals surface area contributed by atoms with Crippen molar-refractivity contribution < 1.29 is 14.6 Å². The Balaban J connectivity index is 2.05. The highest BCUT2D eigenvalue weighted by Crippen LogP contribution is 2.25. The van der Waals surface area contributed by atoms with Gasteiger partial charge in [0.15, 0.2) is 0 Å². The zero-order valence-electron chi connectivity index (χ0n) is 11.5. The summed E-state index contributed by atoms with van der Waals surface area (Å²) >= 11 is 0. The van der Waals surface area contributed by atoms with Crippen LogP contribution in [0, 0.1) is 12.8 Å². The summed E-state index contributed by atoms with van der Waals surface area (Å²) in [5.74, 6) is -0.422. The van der Waals surface area contributed by atoms with E-state index in [1.54, 1.807) is 6.07 Å². The molecule has 2 rings (SSSR count). The minimum absolute atomic E-state index is 0.297. The van der Waals surface area contributed by atoms with E-state index < -0.39 is 5.97 Å². The van der Waals surface area contributed by atoms with Gasteiger partial charge >= 0.3 is 5.97 Å². The van der Waals surface area contributed by atoms with Crippen molar-refractivity contribution in [3.8, 4) is 0 Å². The molecule has 19 heavy (non-hydrogen) atoms. The number of hydrogen-bond donors (Lipinski definition) is 2. The first-order chi connectivity index (χ1) is 9.11. The third-order valence-electron chi connectivity index (χ3n) is 3.71. The van der Waals surface area contributed by atoms with Crippen LogP contribution in [0.15, 0.2) is 18.2 Å². The Labute approximate surface area is 113 Å². The van der Waals surface area contributed by atoms with Gasteiger partial charge in [-0.3, -0.25) is 0 Å². The number of benzene rings is 1. The summed E-state index contributed by atoms with van der Waals surface area (Å²) < 4.78 is 5.64. The second kappa shape index (κ2) is 6.06. The van der Waals surface area contributed by atoms with Crippen LogP contribution in [-0.2, 0) is 4.74 Å². The van der Waals surface area contributed by atoms with Crippen LogP contribution in [0.1, 0.15) is 35.7 Å².